The Morgan fingerprint density at radius 3 is 0.924 bits per heavy atom. The fourth-order valence-corrected chi connectivity index (χ4v) is 6.83. The summed E-state index contributed by atoms with van der Waals surface area (Å²) < 4.78 is 335. The van der Waals surface area contributed by atoms with Crippen molar-refractivity contribution < 1.29 is 139 Å². The van der Waals surface area contributed by atoms with Crippen molar-refractivity contribution in [1.82, 2.24) is 0 Å². The normalized spacial score (nSPS) is 22.2. The summed E-state index contributed by atoms with van der Waals surface area (Å²) in [5, 5.41) is 9.52. The van der Waals surface area contributed by atoms with Gasteiger partial charge in [-0.15, -0.1) is 0 Å². The van der Waals surface area contributed by atoms with E-state index in [2.05, 4.69) is 28.4 Å². The number of epoxide rings is 2. The van der Waals surface area contributed by atoms with Crippen LogP contribution in [0, 0.1) is 11.8 Å². The Bertz CT molecular complexity index is 1410. The predicted octanol–water partition coefficient (Wildman–Crippen LogP) is 11.8. The average Bonchev–Trinajstić information content (AvgIpc) is 4.07. The third-order valence-electron chi connectivity index (χ3n) is 11.1. The minimum Gasteiger partial charge on any atom is -0.388 e. The van der Waals surface area contributed by atoms with Crippen LogP contribution in [-0.2, 0) is 28.4 Å². The van der Waals surface area contributed by atoms with Crippen LogP contribution in [0.4, 0.5) is 105 Å². The van der Waals surface area contributed by atoms with E-state index in [0.29, 0.717) is 25.7 Å². The zero-order valence-corrected chi connectivity index (χ0v) is 34.2. The maximum Gasteiger partial charge on any atom is 0.426 e. The zero-order valence-electron chi connectivity index (χ0n) is 34.2. The number of ether oxygens (including phenoxy) is 6. The molecule has 31 heteroatoms. The standard InChI is InChI=1S/C16H20F12O3.C12H16F6O2.C7H8F6O2/c1-11(13(17,18)19,14(20,21)22)30-7-10(29)8-31-12(15(23,24)25,16(26,27)28)9-5-3-2-4-6-9;13-11(14,15)10(12(16,17)18,20-7-9-6-19-9)8-4-2-1-3-5-8;1-5(6(8,9)10,7(11,12)13)15-3-4-2-14-4/h9-10,29H,2-8H2,1H3;8-9H,1-7H2;4H,2-3H2,1H3. The van der Waals surface area contributed by atoms with Crippen molar-refractivity contribution in [2.45, 2.75) is 168 Å². The van der Waals surface area contributed by atoms with Gasteiger partial charge < -0.3 is 33.5 Å². The first-order chi connectivity index (χ1) is 29.5. The van der Waals surface area contributed by atoms with E-state index in [1.807, 2.05) is 0 Å². The Kier molecular flexibility index (Phi) is 19.3. The van der Waals surface area contributed by atoms with Crippen molar-refractivity contribution in [2.75, 3.05) is 39.6 Å². The van der Waals surface area contributed by atoms with Crippen molar-refractivity contribution >= 4 is 0 Å². The molecule has 0 aromatic carbocycles. The monoisotopic (exact) mass is 1030 g/mol. The average molecular weight is 1030 g/mol. The molecule has 394 valence electrons. The van der Waals surface area contributed by atoms with Crippen LogP contribution in [0.2, 0.25) is 0 Å². The molecule has 4 rings (SSSR count). The summed E-state index contributed by atoms with van der Waals surface area (Å²) >= 11 is 0. The largest absolute Gasteiger partial charge is 0.426 e. The first-order valence-corrected chi connectivity index (χ1v) is 19.5. The summed E-state index contributed by atoms with van der Waals surface area (Å²) in [6.07, 6.45) is -49.5. The van der Waals surface area contributed by atoms with Crippen molar-refractivity contribution in [2.24, 2.45) is 11.8 Å². The molecule has 0 amide bonds. The second kappa shape index (κ2) is 21.2. The second-order valence-electron chi connectivity index (χ2n) is 16.0. The van der Waals surface area contributed by atoms with Crippen LogP contribution in [0.5, 0.6) is 0 Å². The van der Waals surface area contributed by atoms with Gasteiger partial charge >= 0.3 is 49.4 Å². The van der Waals surface area contributed by atoms with Gasteiger partial charge in [-0.25, -0.2) is 0 Å². The van der Waals surface area contributed by atoms with Crippen LogP contribution in [0.3, 0.4) is 0 Å². The molecule has 2 saturated carbocycles. The lowest BCUT2D eigenvalue weighted by Gasteiger charge is -2.44. The smallest absolute Gasteiger partial charge is 0.388 e. The lowest BCUT2D eigenvalue weighted by molar-refractivity contribution is -0.404. The minimum atomic E-state index is -6.03. The van der Waals surface area contributed by atoms with Crippen LogP contribution in [0.15, 0.2) is 0 Å². The number of aliphatic hydroxyl groups is 1. The van der Waals surface area contributed by atoms with Gasteiger partial charge in [0.2, 0.25) is 0 Å². The molecule has 0 bridgehead atoms. The van der Waals surface area contributed by atoms with Crippen LogP contribution >= 0.6 is 0 Å². The molecule has 4 aliphatic rings. The van der Waals surface area contributed by atoms with E-state index in [1.165, 1.54) is 0 Å². The first kappa shape index (κ1) is 60.2. The molecule has 1 N–H and O–H groups in total. The quantitative estimate of drug-likeness (QED) is 0.137. The molecule has 3 atom stereocenters. The molecular formula is C35H44F24O7. The van der Waals surface area contributed by atoms with E-state index >= 15 is 0 Å². The van der Waals surface area contributed by atoms with Gasteiger partial charge in [0.15, 0.2) is 0 Å². The maximum atomic E-state index is 13.5. The van der Waals surface area contributed by atoms with Crippen molar-refractivity contribution in [3.63, 3.8) is 0 Å². The molecule has 3 unspecified atom stereocenters. The maximum absolute atomic E-state index is 13.5. The zero-order chi connectivity index (χ0) is 51.4. The summed E-state index contributed by atoms with van der Waals surface area (Å²) in [7, 11) is 0. The van der Waals surface area contributed by atoms with Gasteiger partial charge in [-0.3, -0.25) is 0 Å². The van der Waals surface area contributed by atoms with E-state index < -0.39 is 148 Å². The highest BCUT2D eigenvalue weighted by molar-refractivity contribution is 5.04. The molecule has 4 fully saturated rings. The van der Waals surface area contributed by atoms with E-state index in [-0.39, 0.29) is 45.8 Å². The molecule has 0 aromatic rings. The highest BCUT2D eigenvalue weighted by atomic mass is 19.4. The van der Waals surface area contributed by atoms with Crippen LogP contribution in [0.25, 0.3) is 0 Å². The van der Waals surface area contributed by atoms with E-state index in [9.17, 15) is 110 Å². The molecule has 66 heavy (non-hydrogen) atoms. The molecule has 0 spiro atoms. The van der Waals surface area contributed by atoms with Crippen molar-refractivity contribution in [1.29, 1.82) is 0 Å². The first-order valence-electron chi connectivity index (χ1n) is 19.5. The Morgan fingerprint density at radius 1 is 0.394 bits per heavy atom. The molecule has 2 aliphatic carbocycles. The number of halogens is 24. The third-order valence-corrected chi connectivity index (χ3v) is 11.1. The Labute approximate surface area is 359 Å². The molecule has 0 radical (unpaired) electrons. The van der Waals surface area contributed by atoms with Gasteiger partial charge in [-0.2, -0.15) is 105 Å². The van der Waals surface area contributed by atoms with E-state index in [1.54, 1.807) is 0 Å². The molecular weight excluding hydrogens is 988 g/mol. The lowest BCUT2D eigenvalue weighted by atomic mass is 9.75. The number of rotatable bonds is 14. The predicted molar refractivity (Wildman–Crippen MR) is 173 cm³/mol. The molecule has 2 saturated heterocycles. The second-order valence-corrected chi connectivity index (χ2v) is 16.0. The molecule has 7 nitrogen and oxygen atoms in total. The van der Waals surface area contributed by atoms with E-state index in [0.717, 1.165) is 0 Å². The number of hydrogen-bond acceptors (Lipinski definition) is 7. The van der Waals surface area contributed by atoms with Gasteiger partial charge in [0.25, 0.3) is 22.4 Å². The summed E-state index contributed by atoms with van der Waals surface area (Å²) in [5.41, 5.74) is -17.7. The van der Waals surface area contributed by atoms with Gasteiger partial charge in [0.1, 0.15) is 18.3 Å². The summed E-state index contributed by atoms with van der Waals surface area (Å²) in [6, 6.07) is 0. The summed E-state index contributed by atoms with van der Waals surface area (Å²) in [5.74, 6) is -3.67. The number of aliphatic hydroxyl groups excluding tert-OH is 1. The SMILES string of the molecule is CC(OCC(O)COC(C1CCCCC1)(C(F)(F)F)C(F)(F)F)(C(F)(F)F)C(F)(F)F.CC(OCC1CO1)(C(F)(F)F)C(F)(F)F.FC(F)(F)C(OCC1CO1)(C1CCCCC1)C(F)(F)F. The fraction of sp³-hybridized carbons (Fsp3) is 1.00. The summed E-state index contributed by atoms with van der Waals surface area (Å²) in [6.45, 7) is -5.31. The van der Waals surface area contributed by atoms with Gasteiger partial charge in [0.05, 0.1) is 39.6 Å². The number of hydrogen-bond donors (Lipinski definition) is 1. The van der Waals surface area contributed by atoms with Gasteiger partial charge in [-0.1, -0.05) is 38.5 Å². The minimum absolute atomic E-state index is 0.0309. The van der Waals surface area contributed by atoms with E-state index in [4.69, 9.17) is 0 Å². The van der Waals surface area contributed by atoms with Crippen LogP contribution < -0.4 is 0 Å². The highest BCUT2D eigenvalue weighted by Gasteiger charge is 2.77. The highest BCUT2D eigenvalue weighted by Crippen LogP contribution is 2.56. The van der Waals surface area contributed by atoms with Crippen LogP contribution in [-0.4, -0.2) is 135 Å². The number of alkyl halides is 24. The van der Waals surface area contributed by atoms with Gasteiger partial charge in [0, 0.05) is 11.8 Å². The Morgan fingerprint density at radius 2 is 0.652 bits per heavy atom. The lowest BCUT2D eigenvalue weighted by Crippen LogP contribution is -2.64. The Balaban J connectivity index is 0.000000365. The molecule has 2 heterocycles. The Hall–Kier alpha value is -1.96. The van der Waals surface area contributed by atoms with Crippen molar-refractivity contribution in [3.05, 3.63) is 0 Å². The third kappa shape index (κ3) is 14.1. The van der Waals surface area contributed by atoms with Crippen molar-refractivity contribution in [3.8, 4) is 0 Å². The topological polar surface area (TPSA) is 82.2 Å². The van der Waals surface area contributed by atoms with Crippen LogP contribution in [0.1, 0.15) is 78.1 Å². The fourth-order valence-electron chi connectivity index (χ4n) is 6.83. The molecule has 2 aliphatic heterocycles. The van der Waals surface area contributed by atoms with Gasteiger partial charge in [-0.05, 0) is 39.5 Å². The summed E-state index contributed by atoms with van der Waals surface area (Å²) in [4.78, 5) is 0. The molecule has 0 aromatic heterocycles.